The van der Waals surface area contributed by atoms with Gasteiger partial charge in [-0.15, -0.1) is 0 Å². The molecule has 0 saturated carbocycles. The first kappa shape index (κ1) is 15.8. The molecule has 0 bridgehead atoms. The smallest absolute Gasteiger partial charge is 0.337 e. The number of carbonyl (C=O) groups is 2. The zero-order valence-corrected chi connectivity index (χ0v) is 13.4. The van der Waals surface area contributed by atoms with Gasteiger partial charge in [-0.1, -0.05) is 12.1 Å². The van der Waals surface area contributed by atoms with E-state index in [1.54, 1.807) is 37.3 Å². The third kappa shape index (κ3) is 2.88. The third-order valence-electron chi connectivity index (χ3n) is 3.72. The highest BCUT2D eigenvalue weighted by molar-refractivity contribution is 5.99. The maximum absolute atomic E-state index is 12.5. The van der Waals surface area contributed by atoms with Gasteiger partial charge >= 0.3 is 5.97 Å². The molecule has 7 nitrogen and oxygen atoms in total. The molecule has 1 unspecified atom stereocenters. The molecule has 1 aromatic heterocycles. The summed E-state index contributed by atoms with van der Waals surface area (Å²) in [5, 5.41) is 0. The molecule has 3 rings (SSSR count). The summed E-state index contributed by atoms with van der Waals surface area (Å²) in [6.45, 7) is 1.93. The number of carbonyl (C=O) groups excluding carboxylic acids is 2. The van der Waals surface area contributed by atoms with Crippen LogP contribution in [0.4, 0.5) is 11.6 Å². The normalized spacial score (nSPS) is 16.3. The van der Waals surface area contributed by atoms with Crippen LogP contribution in [0, 0.1) is 0 Å². The van der Waals surface area contributed by atoms with E-state index in [0.717, 1.165) is 5.56 Å². The minimum Gasteiger partial charge on any atom is -0.477 e. The average Bonchev–Trinajstić information content (AvgIpc) is 2.59. The van der Waals surface area contributed by atoms with Crippen molar-refractivity contribution in [2.45, 2.75) is 19.6 Å². The number of pyridine rings is 1. The Morgan fingerprint density at radius 3 is 2.92 bits per heavy atom. The van der Waals surface area contributed by atoms with Gasteiger partial charge in [0.2, 0.25) is 0 Å². The molecule has 124 valence electrons. The lowest BCUT2D eigenvalue weighted by molar-refractivity contribution is -0.125. The van der Waals surface area contributed by atoms with Crippen LogP contribution in [0.3, 0.4) is 0 Å². The molecule has 2 N–H and O–H groups in total. The van der Waals surface area contributed by atoms with Crippen LogP contribution in [0.5, 0.6) is 5.75 Å². The van der Waals surface area contributed by atoms with Crippen LogP contribution < -0.4 is 15.4 Å². The summed E-state index contributed by atoms with van der Waals surface area (Å²) in [7, 11) is 1.32. The van der Waals surface area contributed by atoms with E-state index >= 15 is 0 Å². The van der Waals surface area contributed by atoms with E-state index < -0.39 is 12.1 Å². The van der Waals surface area contributed by atoms with E-state index in [9.17, 15) is 9.59 Å². The zero-order valence-electron chi connectivity index (χ0n) is 13.4. The number of hydrogen-bond acceptors (Lipinski definition) is 6. The first-order chi connectivity index (χ1) is 11.5. The predicted octanol–water partition coefficient (Wildman–Crippen LogP) is 1.76. The van der Waals surface area contributed by atoms with E-state index in [-0.39, 0.29) is 12.5 Å². The van der Waals surface area contributed by atoms with Gasteiger partial charge in [-0.3, -0.25) is 9.69 Å². The lowest BCUT2D eigenvalue weighted by atomic mass is 10.1. The summed E-state index contributed by atoms with van der Waals surface area (Å²) < 4.78 is 10.3. The Kier molecular flexibility index (Phi) is 4.07. The quantitative estimate of drug-likeness (QED) is 0.863. The summed E-state index contributed by atoms with van der Waals surface area (Å²) in [5.74, 6) is 0.528. The minimum absolute atomic E-state index is 0.218. The number of rotatable bonds is 3. The highest BCUT2D eigenvalue weighted by atomic mass is 16.5. The molecule has 1 aliphatic heterocycles. The van der Waals surface area contributed by atoms with Crippen molar-refractivity contribution < 1.29 is 19.1 Å². The second-order valence-corrected chi connectivity index (χ2v) is 5.43. The van der Waals surface area contributed by atoms with Gasteiger partial charge in [0, 0.05) is 0 Å². The zero-order chi connectivity index (χ0) is 17.3. The summed E-state index contributed by atoms with van der Waals surface area (Å²) in [4.78, 5) is 29.9. The first-order valence-electron chi connectivity index (χ1n) is 7.41. The van der Waals surface area contributed by atoms with Gasteiger partial charge in [-0.05, 0) is 36.8 Å². The standard InChI is InChI=1S/C17H17N3O4/c1-10-16(21)20(15-13(24-10)6-7-14(18)19-15)9-11-4-3-5-12(8-11)17(22)23-2/h3-8,10H,9H2,1-2H3,(H2,18,19). The Morgan fingerprint density at radius 2 is 2.17 bits per heavy atom. The van der Waals surface area contributed by atoms with Gasteiger partial charge in [0.1, 0.15) is 5.82 Å². The topological polar surface area (TPSA) is 94.8 Å². The number of nitrogens with zero attached hydrogens (tertiary/aromatic N) is 2. The van der Waals surface area contributed by atoms with Crippen molar-refractivity contribution in [3.63, 3.8) is 0 Å². The molecule has 1 atom stereocenters. The molecule has 0 saturated heterocycles. The predicted molar refractivity (Wildman–Crippen MR) is 87.7 cm³/mol. The van der Waals surface area contributed by atoms with Crippen LogP contribution in [0.1, 0.15) is 22.8 Å². The number of hydrogen-bond donors (Lipinski definition) is 1. The van der Waals surface area contributed by atoms with Gasteiger partial charge in [0.25, 0.3) is 5.91 Å². The van der Waals surface area contributed by atoms with Gasteiger partial charge < -0.3 is 15.2 Å². The van der Waals surface area contributed by atoms with Crippen LogP contribution >= 0.6 is 0 Å². The molecule has 7 heteroatoms. The average molecular weight is 327 g/mol. The molecule has 0 fully saturated rings. The Balaban J connectivity index is 1.96. The fourth-order valence-corrected chi connectivity index (χ4v) is 2.55. The molecule has 1 amide bonds. The van der Waals surface area contributed by atoms with Gasteiger partial charge in [-0.25, -0.2) is 9.78 Å². The Labute approximate surface area is 139 Å². The van der Waals surface area contributed by atoms with Crippen molar-refractivity contribution in [1.82, 2.24) is 4.98 Å². The summed E-state index contributed by atoms with van der Waals surface area (Å²) in [6.07, 6.45) is -0.619. The Morgan fingerprint density at radius 1 is 1.38 bits per heavy atom. The van der Waals surface area contributed by atoms with E-state index in [4.69, 9.17) is 15.2 Å². The molecule has 0 radical (unpaired) electrons. The van der Waals surface area contributed by atoms with E-state index in [2.05, 4.69) is 4.98 Å². The van der Waals surface area contributed by atoms with E-state index in [1.807, 2.05) is 6.07 Å². The van der Waals surface area contributed by atoms with Crippen LogP contribution in [-0.2, 0) is 16.1 Å². The van der Waals surface area contributed by atoms with Crippen LogP contribution in [0.2, 0.25) is 0 Å². The third-order valence-corrected chi connectivity index (χ3v) is 3.72. The maximum Gasteiger partial charge on any atom is 0.337 e. The number of aromatic nitrogens is 1. The molecule has 0 spiro atoms. The van der Waals surface area contributed by atoms with Crippen molar-refractivity contribution in [3.8, 4) is 5.75 Å². The Hall–Kier alpha value is -3.09. The highest BCUT2D eigenvalue weighted by Gasteiger charge is 2.33. The molecule has 1 aliphatic rings. The fourth-order valence-electron chi connectivity index (χ4n) is 2.55. The van der Waals surface area contributed by atoms with Crippen molar-refractivity contribution in [2.24, 2.45) is 0 Å². The van der Waals surface area contributed by atoms with Crippen molar-refractivity contribution in [3.05, 3.63) is 47.5 Å². The molecule has 2 heterocycles. The molecule has 2 aromatic rings. The largest absolute Gasteiger partial charge is 0.477 e. The number of methoxy groups -OCH3 is 1. The van der Waals surface area contributed by atoms with Gasteiger partial charge in [0.15, 0.2) is 17.7 Å². The monoisotopic (exact) mass is 327 g/mol. The number of nitrogens with two attached hydrogens (primary N) is 1. The van der Waals surface area contributed by atoms with Crippen molar-refractivity contribution >= 4 is 23.5 Å². The summed E-state index contributed by atoms with van der Waals surface area (Å²) >= 11 is 0. The molecule has 24 heavy (non-hydrogen) atoms. The van der Waals surface area contributed by atoms with Gasteiger partial charge in [0.05, 0.1) is 19.2 Å². The number of esters is 1. The number of benzene rings is 1. The second-order valence-electron chi connectivity index (χ2n) is 5.43. The molecular weight excluding hydrogens is 310 g/mol. The highest BCUT2D eigenvalue weighted by Crippen LogP contribution is 2.34. The number of anilines is 2. The van der Waals surface area contributed by atoms with E-state index in [0.29, 0.717) is 22.9 Å². The minimum atomic E-state index is -0.619. The maximum atomic E-state index is 12.5. The van der Waals surface area contributed by atoms with Crippen molar-refractivity contribution in [2.75, 3.05) is 17.7 Å². The Bertz CT molecular complexity index is 806. The second kappa shape index (κ2) is 6.19. The van der Waals surface area contributed by atoms with Crippen LogP contribution in [0.25, 0.3) is 0 Å². The van der Waals surface area contributed by atoms with Crippen molar-refractivity contribution in [1.29, 1.82) is 0 Å². The SMILES string of the molecule is COC(=O)c1cccc(CN2C(=O)C(C)Oc3ccc(N)nc32)c1. The van der Waals surface area contributed by atoms with Gasteiger partial charge in [-0.2, -0.15) is 0 Å². The van der Waals surface area contributed by atoms with Crippen LogP contribution in [0.15, 0.2) is 36.4 Å². The number of nitrogen functional groups attached to an aromatic ring is 1. The molecule has 0 aliphatic carbocycles. The van der Waals surface area contributed by atoms with Crippen LogP contribution in [-0.4, -0.2) is 30.1 Å². The summed E-state index contributed by atoms with van der Waals surface area (Å²) in [6, 6.07) is 10.2. The summed E-state index contributed by atoms with van der Waals surface area (Å²) in [5.41, 5.74) is 6.93. The lowest BCUT2D eigenvalue weighted by Crippen LogP contribution is -2.44. The number of ether oxygens (including phenoxy) is 2. The fraction of sp³-hybridized carbons (Fsp3) is 0.235. The number of amides is 1. The van der Waals surface area contributed by atoms with E-state index in [1.165, 1.54) is 12.0 Å². The lowest BCUT2D eigenvalue weighted by Gasteiger charge is -2.32. The first-order valence-corrected chi connectivity index (χ1v) is 7.41. The molecule has 1 aromatic carbocycles. The number of fused-ring (bicyclic) bond motifs is 1. The molecular formula is C17H17N3O4.